The highest BCUT2D eigenvalue weighted by Crippen LogP contribution is 2.30. The third kappa shape index (κ3) is 5.01. The maximum atomic E-state index is 12.1. The molecule has 0 bridgehead atoms. The summed E-state index contributed by atoms with van der Waals surface area (Å²) in [7, 11) is -3.67. The van der Waals surface area contributed by atoms with Gasteiger partial charge in [-0.15, -0.1) is 0 Å². The molecule has 1 spiro atoms. The number of piperidine rings is 1. The maximum Gasteiger partial charge on any atom is 0.238 e. The lowest BCUT2D eigenvalue weighted by molar-refractivity contribution is -0.185. The third-order valence-corrected chi connectivity index (χ3v) is 5.72. The number of nitrogens with one attached hydrogen (secondary N) is 1. The lowest BCUT2D eigenvalue weighted by atomic mass is 10.0. The number of amides is 1. The molecule has 0 unspecified atom stereocenters. The largest absolute Gasteiger partial charge is 0.355 e. The van der Waals surface area contributed by atoms with Crippen molar-refractivity contribution in [3.63, 3.8) is 0 Å². The van der Waals surface area contributed by atoms with Crippen LogP contribution in [0.4, 0.5) is 0 Å². The van der Waals surface area contributed by atoms with Crippen molar-refractivity contribution in [1.29, 1.82) is 0 Å². The number of carbonyl (C=O) groups excluding carboxylic acids is 1. The van der Waals surface area contributed by atoms with E-state index in [2.05, 4.69) is 10.2 Å². The molecule has 2 saturated heterocycles. The molecular formula is C17H25N3O5S. The summed E-state index contributed by atoms with van der Waals surface area (Å²) in [4.78, 5) is 14.3. The third-order valence-electron chi connectivity index (χ3n) is 4.79. The molecule has 2 heterocycles. The van der Waals surface area contributed by atoms with Gasteiger partial charge in [0.2, 0.25) is 15.9 Å². The molecular weight excluding hydrogens is 358 g/mol. The first-order valence-corrected chi connectivity index (χ1v) is 10.3. The molecule has 9 heteroatoms. The first-order valence-electron chi connectivity index (χ1n) is 8.75. The second kappa shape index (κ2) is 8.01. The molecule has 8 nitrogen and oxygen atoms in total. The summed E-state index contributed by atoms with van der Waals surface area (Å²) in [5, 5.41) is 7.97. The predicted molar refractivity (Wildman–Crippen MR) is 94.8 cm³/mol. The van der Waals surface area contributed by atoms with E-state index in [1.165, 1.54) is 12.1 Å². The van der Waals surface area contributed by atoms with Gasteiger partial charge in [0.05, 0.1) is 24.7 Å². The van der Waals surface area contributed by atoms with Crippen LogP contribution in [0, 0.1) is 0 Å². The average molecular weight is 383 g/mol. The molecule has 1 aromatic rings. The standard InChI is InChI=1S/C17H25N3O5S/c18-26(22,23)15-3-1-14(2-4-15)5-8-19-16(21)13-20-9-6-17(7-10-20)24-11-12-25-17/h1-4H,5-13H2,(H,19,21)(H2,18,22,23). The Morgan fingerprint density at radius 2 is 1.77 bits per heavy atom. The van der Waals surface area contributed by atoms with Gasteiger partial charge >= 0.3 is 0 Å². The summed E-state index contributed by atoms with van der Waals surface area (Å²) < 4.78 is 33.8. The molecule has 0 atom stereocenters. The Kier molecular flexibility index (Phi) is 5.93. The number of carbonyl (C=O) groups is 1. The number of sulfonamides is 1. The van der Waals surface area contributed by atoms with Crippen LogP contribution < -0.4 is 10.5 Å². The maximum absolute atomic E-state index is 12.1. The molecule has 0 saturated carbocycles. The minimum atomic E-state index is -3.67. The van der Waals surface area contributed by atoms with E-state index in [1.54, 1.807) is 12.1 Å². The lowest BCUT2D eigenvalue weighted by Gasteiger charge is -2.37. The Hall–Kier alpha value is -1.52. The van der Waals surface area contributed by atoms with E-state index < -0.39 is 15.8 Å². The van der Waals surface area contributed by atoms with Gasteiger partial charge in [-0.25, -0.2) is 13.6 Å². The number of benzene rings is 1. The van der Waals surface area contributed by atoms with Crippen LogP contribution in [0.3, 0.4) is 0 Å². The molecule has 1 amide bonds. The summed E-state index contributed by atoms with van der Waals surface area (Å²) >= 11 is 0. The average Bonchev–Trinajstić information content (AvgIpc) is 3.05. The smallest absolute Gasteiger partial charge is 0.238 e. The Morgan fingerprint density at radius 3 is 2.35 bits per heavy atom. The van der Waals surface area contributed by atoms with Crippen molar-refractivity contribution in [2.24, 2.45) is 5.14 Å². The molecule has 2 aliphatic rings. The first-order chi connectivity index (χ1) is 12.4. The number of likely N-dealkylation sites (tertiary alicyclic amines) is 1. The van der Waals surface area contributed by atoms with E-state index >= 15 is 0 Å². The lowest BCUT2D eigenvalue weighted by Crippen LogP contribution is -2.48. The minimum absolute atomic E-state index is 0.0182. The Labute approximate surface area is 153 Å². The molecule has 2 aliphatic heterocycles. The second-order valence-electron chi connectivity index (χ2n) is 6.67. The fourth-order valence-electron chi connectivity index (χ4n) is 3.29. The van der Waals surface area contributed by atoms with Crippen LogP contribution in [0.5, 0.6) is 0 Å². The van der Waals surface area contributed by atoms with E-state index in [9.17, 15) is 13.2 Å². The minimum Gasteiger partial charge on any atom is -0.355 e. The van der Waals surface area contributed by atoms with Crippen molar-refractivity contribution in [3.8, 4) is 0 Å². The fourth-order valence-corrected chi connectivity index (χ4v) is 3.80. The number of ether oxygens (including phenoxy) is 2. The summed E-state index contributed by atoms with van der Waals surface area (Å²) in [5.74, 6) is -0.439. The zero-order chi connectivity index (χ0) is 18.6. The van der Waals surface area contributed by atoms with Gasteiger partial charge in [0, 0.05) is 32.5 Å². The van der Waals surface area contributed by atoms with Crippen LogP contribution in [0.25, 0.3) is 0 Å². The molecule has 3 rings (SSSR count). The summed E-state index contributed by atoms with van der Waals surface area (Å²) in [5.41, 5.74) is 0.938. The highest BCUT2D eigenvalue weighted by atomic mass is 32.2. The van der Waals surface area contributed by atoms with Crippen LogP contribution in [-0.4, -0.2) is 64.4 Å². The van der Waals surface area contributed by atoms with Gasteiger partial charge in [0.15, 0.2) is 5.79 Å². The number of rotatable bonds is 6. The van der Waals surface area contributed by atoms with Crippen molar-refractivity contribution < 1.29 is 22.7 Å². The first kappa shape index (κ1) is 19.2. The van der Waals surface area contributed by atoms with Crippen molar-refractivity contribution in [3.05, 3.63) is 29.8 Å². The van der Waals surface area contributed by atoms with Crippen molar-refractivity contribution in [2.75, 3.05) is 39.4 Å². The van der Waals surface area contributed by atoms with E-state index in [0.717, 1.165) is 31.5 Å². The van der Waals surface area contributed by atoms with Gasteiger partial charge in [0.1, 0.15) is 0 Å². The molecule has 2 fully saturated rings. The number of nitrogens with zero attached hydrogens (tertiary/aromatic N) is 1. The van der Waals surface area contributed by atoms with Gasteiger partial charge in [-0.2, -0.15) is 0 Å². The summed E-state index contributed by atoms with van der Waals surface area (Å²) in [6.45, 7) is 3.72. The van der Waals surface area contributed by atoms with Gasteiger partial charge in [-0.05, 0) is 24.1 Å². The molecule has 0 radical (unpaired) electrons. The predicted octanol–water partition coefficient (Wildman–Crippen LogP) is -0.168. The van der Waals surface area contributed by atoms with E-state index in [4.69, 9.17) is 14.6 Å². The Morgan fingerprint density at radius 1 is 1.15 bits per heavy atom. The number of primary sulfonamides is 1. The van der Waals surface area contributed by atoms with Crippen molar-refractivity contribution >= 4 is 15.9 Å². The van der Waals surface area contributed by atoms with Crippen LogP contribution in [-0.2, 0) is 30.7 Å². The van der Waals surface area contributed by atoms with E-state index in [-0.39, 0.29) is 10.8 Å². The number of hydrogen-bond acceptors (Lipinski definition) is 6. The Bertz CT molecular complexity index is 719. The molecule has 3 N–H and O–H groups in total. The molecule has 144 valence electrons. The van der Waals surface area contributed by atoms with Gasteiger partial charge in [-0.1, -0.05) is 12.1 Å². The quantitative estimate of drug-likeness (QED) is 0.706. The SMILES string of the molecule is NS(=O)(=O)c1ccc(CCNC(=O)CN2CCC3(CC2)OCCO3)cc1. The van der Waals surface area contributed by atoms with Gasteiger partial charge < -0.3 is 14.8 Å². The summed E-state index contributed by atoms with van der Waals surface area (Å²) in [6, 6.07) is 6.36. The highest BCUT2D eigenvalue weighted by Gasteiger charge is 2.39. The molecule has 1 aromatic carbocycles. The topological polar surface area (TPSA) is 111 Å². The number of nitrogens with two attached hydrogens (primary N) is 1. The summed E-state index contributed by atoms with van der Waals surface area (Å²) in [6.07, 6.45) is 2.20. The normalized spacial score (nSPS) is 20.3. The molecule has 26 heavy (non-hydrogen) atoms. The monoisotopic (exact) mass is 383 g/mol. The van der Waals surface area contributed by atoms with Gasteiger partial charge in [0.25, 0.3) is 0 Å². The van der Waals surface area contributed by atoms with E-state index in [0.29, 0.717) is 32.7 Å². The zero-order valence-electron chi connectivity index (χ0n) is 14.6. The van der Waals surface area contributed by atoms with E-state index in [1.807, 2.05) is 0 Å². The van der Waals surface area contributed by atoms with Crippen LogP contribution >= 0.6 is 0 Å². The fraction of sp³-hybridized carbons (Fsp3) is 0.588. The van der Waals surface area contributed by atoms with Gasteiger partial charge in [-0.3, -0.25) is 9.69 Å². The second-order valence-corrected chi connectivity index (χ2v) is 8.23. The highest BCUT2D eigenvalue weighted by molar-refractivity contribution is 7.89. The van der Waals surface area contributed by atoms with Crippen LogP contribution in [0.1, 0.15) is 18.4 Å². The zero-order valence-corrected chi connectivity index (χ0v) is 15.5. The van der Waals surface area contributed by atoms with Crippen LogP contribution in [0.15, 0.2) is 29.2 Å². The molecule has 0 aliphatic carbocycles. The van der Waals surface area contributed by atoms with Crippen molar-refractivity contribution in [1.82, 2.24) is 10.2 Å². The van der Waals surface area contributed by atoms with Crippen molar-refractivity contribution in [2.45, 2.75) is 29.9 Å². The molecule has 0 aromatic heterocycles. The number of hydrogen-bond donors (Lipinski definition) is 2. The van der Waals surface area contributed by atoms with Crippen LogP contribution in [0.2, 0.25) is 0 Å². The Balaban J connectivity index is 1.37.